The maximum absolute atomic E-state index is 13.3. The molecule has 2 N–H and O–H groups in total. The number of amides is 1. The van der Waals surface area contributed by atoms with Crippen molar-refractivity contribution in [2.24, 2.45) is 17.6 Å². The van der Waals surface area contributed by atoms with Crippen LogP contribution in [0.15, 0.2) is 48.8 Å². The zero-order valence-electron chi connectivity index (χ0n) is 22.4. The van der Waals surface area contributed by atoms with E-state index >= 15 is 0 Å². The van der Waals surface area contributed by atoms with Gasteiger partial charge in [0.25, 0.3) is 0 Å². The van der Waals surface area contributed by atoms with Gasteiger partial charge in [-0.05, 0) is 67.1 Å². The summed E-state index contributed by atoms with van der Waals surface area (Å²) < 4.78 is 50.5. The quantitative estimate of drug-likeness (QED) is 0.329. The van der Waals surface area contributed by atoms with Crippen LogP contribution >= 0.6 is 11.6 Å². The summed E-state index contributed by atoms with van der Waals surface area (Å²) in [6.07, 6.45) is 1.55. The molecular weight excluding hydrogens is 545 g/mol. The van der Waals surface area contributed by atoms with Gasteiger partial charge in [-0.15, -0.1) is 0 Å². The minimum atomic E-state index is -4.51. The van der Waals surface area contributed by atoms with Crippen LogP contribution in [0.5, 0.6) is 11.5 Å². The van der Waals surface area contributed by atoms with E-state index in [4.69, 9.17) is 26.8 Å². The summed E-state index contributed by atoms with van der Waals surface area (Å²) in [4.78, 5) is 23.4. The maximum Gasteiger partial charge on any atom is 0.417 e. The maximum atomic E-state index is 13.3. The second kappa shape index (κ2) is 12.9. The minimum Gasteiger partial charge on any atom is -0.493 e. The zero-order chi connectivity index (χ0) is 28.9. The topological polar surface area (TPSA) is 90.6 Å². The van der Waals surface area contributed by atoms with Crippen LogP contribution in [-0.4, -0.2) is 48.1 Å². The number of nitrogens with zero attached hydrogens (tertiary/aromatic N) is 3. The third-order valence-corrected chi connectivity index (χ3v) is 7.55. The van der Waals surface area contributed by atoms with E-state index in [1.807, 2.05) is 12.1 Å². The minimum absolute atomic E-state index is 0.173. The number of hydrogen-bond acceptors (Lipinski definition) is 6. The molecule has 1 saturated heterocycles. The Morgan fingerprint density at radius 1 is 1.10 bits per heavy atom. The van der Waals surface area contributed by atoms with E-state index in [1.54, 1.807) is 38.7 Å². The fourth-order valence-corrected chi connectivity index (χ4v) is 5.41. The van der Waals surface area contributed by atoms with Gasteiger partial charge in [-0.3, -0.25) is 9.69 Å². The average Bonchev–Trinajstić information content (AvgIpc) is 2.93. The van der Waals surface area contributed by atoms with Crippen LogP contribution in [0.4, 0.5) is 13.2 Å². The predicted octanol–water partition coefficient (Wildman–Crippen LogP) is 5.78. The highest BCUT2D eigenvalue weighted by Gasteiger charge is 2.33. The van der Waals surface area contributed by atoms with Crippen molar-refractivity contribution in [1.82, 2.24) is 14.9 Å². The summed E-state index contributed by atoms with van der Waals surface area (Å²) in [5.74, 6) is 1.03. The van der Waals surface area contributed by atoms with Crippen LogP contribution in [0.25, 0.3) is 11.1 Å². The van der Waals surface area contributed by atoms with Gasteiger partial charge in [-0.25, -0.2) is 9.97 Å². The summed E-state index contributed by atoms with van der Waals surface area (Å²) in [7, 11) is 3.14. The standard InChI is InChI=1S/C29H32ClF3N4O3/c1-39-25-8-6-20(12-26(25)40-2)22-14-35-27(36-15-22)13-21(28(34)38)10-18-4-3-9-37(16-18)17-19-5-7-24(30)23(11-19)29(31,32)33/h5-8,11-12,14-15,18,21H,3-4,9-10,13,16-17H2,1-2H3,(H2,34,38). The number of halogens is 4. The summed E-state index contributed by atoms with van der Waals surface area (Å²) in [6, 6.07) is 9.56. The smallest absolute Gasteiger partial charge is 0.417 e. The first-order valence-corrected chi connectivity index (χ1v) is 13.4. The van der Waals surface area contributed by atoms with Crippen LogP contribution in [0.1, 0.15) is 36.2 Å². The fourth-order valence-electron chi connectivity index (χ4n) is 5.18. The van der Waals surface area contributed by atoms with E-state index in [2.05, 4.69) is 14.9 Å². The van der Waals surface area contributed by atoms with Crippen molar-refractivity contribution in [2.75, 3.05) is 27.3 Å². The summed E-state index contributed by atoms with van der Waals surface area (Å²) in [5.41, 5.74) is 7.13. The van der Waals surface area contributed by atoms with Gasteiger partial charge in [0.1, 0.15) is 5.82 Å². The molecule has 0 radical (unpaired) electrons. The Kier molecular flexibility index (Phi) is 9.52. The lowest BCUT2D eigenvalue weighted by Crippen LogP contribution is -2.37. The molecule has 1 aromatic heterocycles. The highest BCUT2D eigenvalue weighted by Crippen LogP contribution is 2.36. The number of hydrogen-bond donors (Lipinski definition) is 1. The van der Waals surface area contributed by atoms with Crippen LogP contribution in [-0.2, 0) is 23.9 Å². The molecular formula is C29H32ClF3N4O3. The van der Waals surface area contributed by atoms with E-state index in [1.165, 1.54) is 6.07 Å². The number of nitrogens with two attached hydrogens (primary N) is 1. The van der Waals surface area contributed by atoms with E-state index in [-0.39, 0.29) is 10.9 Å². The number of likely N-dealkylation sites (tertiary alicyclic amines) is 1. The number of alkyl halides is 3. The number of carbonyl (C=O) groups excluding carboxylic acids is 1. The molecule has 0 aliphatic carbocycles. The molecule has 7 nitrogen and oxygen atoms in total. The van der Waals surface area contributed by atoms with E-state index in [0.29, 0.717) is 48.8 Å². The van der Waals surface area contributed by atoms with Crippen LogP contribution in [0.2, 0.25) is 5.02 Å². The van der Waals surface area contributed by atoms with Gasteiger partial charge in [-0.1, -0.05) is 23.7 Å². The van der Waals surface area contributed by atoms with Crippen LogP contribution in [0, 0.1) is 11.8 Å². The Labute approximate surface area is 236 Å². The molecule has 0 spiro atoms. The summed E-state index contributed by atoms with van der Waals surface area (Å²) in [6.45, 7) is 1.80. The van der Waals surface area contributed by atoms with E-state index < -0.39 is 23.6 Å². The Balaban J connectivity index is 1.39. The largest absolute Gasteiger partial charge is 0.493 e. The van der Waals surface area contributed by atoms with Gasteiger partial charge >= 0.3 is 6.18 Å². The number of ether oxygens (including phenoxy) is 2. The lowest BCUT2D eigenvalue weighted by Gasteiger charge is -2.34. The van der Waals surface area contributed by atoms with Gasteiger partial charge in [0.05, 0.1) is 24.8 Å². The van der Waals surface area contributed by atoms with Crippen molar-refractivity contribution in [3.63, 3.8) is 0 Å². The third kappa shape index (κ3) is 7.42. The molecule has 2 atom stereocenters. The van der Waals surface area contributed by atoms with Crippen molar-refractivity contribution in [2.45, 2.75) is 38.4 Å². The van der Waals surface area contributed by atoms with Crippen molar-refractivity contribution >= 4 is 17.5 Å². The number of primary amides is 1. The van der Waals surface area contributed by atoms with Gasteiger partial charge in [0, 0.05) is 43.4 Å². The van der Waals surface area contributed by atoms with E-state index in [9.17, 15) is 18.0 Å². The van der Waals surface area contributed by atoms with Crippen molar-refractivity contribution < 1.29 is 27.4 Å². The third-order valence-electron chi connectivity index (χ3n) is 7.22. The SMILES string of the molecule is COc1ccc(-c2cnc(CC(CC3CCCN(Cc4ccc(Cl)c(C(F)(F)F)c4)C3)C(N)=O)nc2)cc1OC. The van der Waals surface area contributed by atoms with Crippen molar-refractivity contribution in [3.05, 3.63) is 70.8 Å². The lowest BCUT2D eigenvalue weighted by molar-refractivity contribution is -0.137. The second-order valence-corrected chi connectivity index (χ2v) is 10.5. The van der Waals surface area contributed by atoms with Crippen LogP contribution in [0.3, 0.4) is 0 Å². The molecule has 214 valence electrons. The molecule has 0 bridgehead atoms. The Hall–Kier alpha value is -3.37. The Morgan fingerprint density at radius 2 is 1.82 bits per heavy atom. The molecule has 3 aromatic rings. The summed E-state index contributed by atoms with van der Waals surface area (Å²) >= 11 is 5.77. The molecule has 2 unspecified atom stereocenters. The van der Waals surface area contributed by atoms with Crippen molar-refractivity contribution in [3.8, 4) is 22.6 Å². The monoisotopic (exact) mass is 576 g/mol. The summed E-state index contributed by atoms with van der Waals surface area (Å²) in [5, 5.41) is -0.309. The van der Waals surface area contributed by atoms with Gasteiger partial charge in [0.2, 0.25) is 5.91 Å². The van der Waals surface area contributed by atoms with Crippen LogP contribution < -0.4 is 15.2 Å². The molecule has 0 saturated carbocycles. The van der Waals surface area contributed by atoms with Gasteiger partial charge in [0.15, 0.2) is 11.5 Å². The first-order chi connectivity index (χ1) is 19.1. The first kappa shape index (κ1) is 29.6. The Morgan fingerprint density at radius 3 is 2.48 bits per heavy atom. The first-order valence-electron chi connectivity index (χ1n) is 13.0. The average molecular weight is 577 g/mol. The Bertz CT molecular complexity index is 1320. The van der Waals surface area contributed by atoms with Crippen molar-refractivity contribution in [1.29, 1.82) is 0 Å². The number of carbonyl (C=O) groups is 1. The number of benzene rings is 2. The molecule has 1 fully saturated rings. The number of rotatable bonds is 10. The number of piperidine rings is 1. The molecule has 2 aromatic carbocycles. The lowest BCUT2D eigenvalue weighted by atomic mass is 9.86. The number of methoxy groups -OCH3 is 2. The van der Waals surface area contributed by atoms with Gasteiger partial charge < -0.3 is 15.2 Å². The number of aromatic nitrogens is 2. The highest BCUT2D eigenvalue weighted by molar-refractivity contribution is 6.31. The predicted molar refractivity (Wildman–Crippen MR) is 146 cm³/mol. The molecule has 1 aliphatic heterocycles. The molecule has 2 heterocycles. The normalized spacial score (nSPS) is 16.9. The van der Waals surface area contributed by atoms with Gasteiger partial charge in [-0.2, -0.15) is 13.2 Å². The molecule has 1 aliphatic rings. The second-order valence-electron chi connectivity index (χ2n) is 10.1. The molecule has 40 heavy (non-hydrogen) atoms. The highest BCUT2D eigenvalue weighted by atomic mass is 35.5. The van der Waals surface area contributed by atoms with E-state index in [0.717, 1.165) is 36.6 Å². The molecule has 11 heteroatoms. The molecule has 4 rings (SSSR count). The zero-order valence-corrected chi connectivity index (χ0v) is 23.1. The molecule has 1 amide bonds. The fraction of sp³-hybridized carbons (Fsp3) is 0.414.